The van der Waals surface area contributed by atoms with Gasteiger partial charge in [0, 0.05) is 50.1 Å². The van der Waals surface area contributed by atoms with Gasteiger partial charge in [0.15, 0.2) is 0 Å². The Morgan fingerprint density at radius 2 is 1.46 bits per heavy atom. The van der Waals surface area contributed by atoms with Gasteiger partial charge in [-0.15, -0.1) is 0 Å². The van der Waals surface area contributed by atoms with Gasteiger partial charge in [-0.05, 0) is 56.9 Å². The van der Waals surface area contributed by atoms with E-state index in [-0.39, 0.29) is 11.5 Å². The second-order valence-electron chi connectivity index (χ2n) is 14.0. The Morgan fingerprint density at radius 3 is 2.10 bits per heavy atom. The molecule has 4 heterocycles. The van der Waals surface area contributed by atoms with E-state index in [4.69, 9.17) is 24.3 Å². The van der Waals surface area contributed by atoms with Crippen LogP contribution in [-0.4, -0.2) is 57.5 Å². The summed E-state index contributed by atoms with van der Waals surface area (Å²) in [4.78, 5) is 21.8. The van der Waals surface area contributed by atoms with Gasteiger partial charge in [0.05, 0.1) is 16.8 Å². The number of rotatable bonds is 8. The second kappa shape index (κ2) is 12.9. The van der Waals surface area contributed by atoms with Gasteiger partial charge in [0.2, 0.25) is 11.8 Å². The molecule has 248 valence electrons. The molecule has 5 aromatic rings. The van der Waals surface area contributed by atoms with E-state index in [1.54, 1.807) is 0 Å². The Kier molecular flexibility index (Phi) is 8.45. The zero-order valence-corrected chi connectivity index (χ0v) is 28.2. The molecule has 0 saturated carbocycles. The summed E-state index contributed by atoms with van der Waals surface area (Å²) in [6.45, 7) is 9.89. The van der Waals surface area contributed by atoms with Crippen molar-refractivity contribution in [2.24, 2.45) is 12.5 Å². The predicted molar refractivity (Wildman–Crippen MR) is 187 cm³/mol. The fourth-order valence-corrected chi connectivity index (χ4v) is 6.76. The summed E-state index contributed by atoms with van der Waals surface area (Å²) < 4.78 is 20.0. The van der Waals surface area contributed by atoms with Gasteiger partial charge in [0.1, 0.15) is 24.5 Å². The molecule has 0 unspecified atom stereocenters. The van der Waals surface area contributed by atoms with E-state index in [0.29, 0.717) is 25.0 Å². The minimum absolute atomic E-state index is 0.208. The zero-order valence-electron chi connectivity index (χ0n) is 28.2. The van der Waals surface area contributed by atoms with Crippen molar-refractivity contribution in [1.29, 1.82) is 0 Å². The minimum Gasteiger partial charge on any atom is -0.473 e. The molecule has 9 heteroatoms. The summed E-state index contributed by atoms with van der Waals surface area (Å²) in [7, 11) is 2.00. The number of ether oxygens (including phenoxy) is 3. The van der Waals surface area contributed by atoms with Crippen molar-refractivity contribution in [3.05, 3.63) is 102 Å². The average Bonchev–Trinajstić information content (AvgIpc) is 3.41. The highest BCUT2D eigenvalue weighted by Crippen LogP contribution is 2.46. The third-order valence-corrected chi connectivity index (χ3v) is 9.25. The number of aromatic nitrogens is 3. The first-order valence-electron chi connectivity index (χ1n) is 16.7. The van der Waals surface area contributed by atoms with Crippen molar-refractivity contribution in [1.82, 2.24) is 19.7 Å². The normalized spacial score (nSPS) is 15.8. The van der Waals surface area contributed by atoms with Gasteiger partial charge in [-0.1, -0.05) is 72.8 Å². The Hall–Kier alpha value is -5.05. The Morgan fingerprint density at radius 1 is 0.812 bits per heavy atom. The topological polar surface area (TPSA) is 82.0 Å². The first-order chi connectivity index (χ1) is 23.2. The molecule has 2 saturated heterocycles. The van der Waals surface area contributed by atoms with Crippen molar-refractivity contribution in [3.63, 3.8) is 0 Å². The molecule has 2 aliphatic heterocycles. The molecule has 2 aromatic heterocycles. The van der Waals surface area contributed by atoms with E-state index in [9.17, 15) is 4.79 Å². The maximum absolute atomic E-state index is 12.6. The first-order valence-corrected chi connectivity index (χ1v) is 16.7. The monoisotopic (exact) mass is 645 g/mol. The molecule has 3 aromatic carbocycles. The quantitative estimate of drug-likeness (QED) is 0.172. The van der Waals surface area contributed by atoms with E-state index >= 15 is 0 Å². The lowest BCUT2D eigenvalue weighted by Crippen LogP contribution is -2.61. The number of amides is 1. The van der Waals surface area contributed by atoms with E-state index in [2.05, 4.69) is 23.1 Å². The summed E-state index contributed by atoms with van der Waals surface area (Å²) >= 11 is 0. The van der Waals surface area contributed by atoms with E-state index in [1.165, 1.54) is 0 Å². The molecule has 0 radical (unpaired) electrons. The van der Waals surface area contributed by atoms with Gasteiger partial charge >= 0.3 is 6.09 Å². The van der Waals surface area contributed by atoms with Crippen LogP contribution in [0, 0.1) is 5.41 Å². The number of anilines is 1. The number of hydrogen-bond donors (Lipinski definition) is 0. The number of hydrogen-bond acceptors (Lipinski definition) is 7. The summed E-state index contributed by atoms with van der Waals surface area (Å²) in [5.41, 5.74) is 5.72. The van der Waals surface area contributed by atoms with Crippen LogP contribution >= 0.6 is 0 Å². The number of carbonyl (C=O) groups excluding carboxylic acids is 1. The van der Waals surface area contributed by atoms with E-state index in [1.807, 2.05) is 110 Å². The SMILES string of the molecule is Cn1nc(-c2ccc(OCc3ccccc3)nc2OCc2ccccc2)c2cccc(N3CC4(CCN(C(=O)OC(C)(C)C)CC4)C3)c21. The molecular formula is C39H43N5O4. The standard InChI is InChI=1S/C39H43N5O4/c1-38(2,3)48-37(45)43-22-20-39(21-23-43)26-44(27-39)32-17-11-16-30-34(41-42(4)35(30)32)31-18-19-33(46-24-28-12-7-5-8-13-28)40-36(31)47-25-29-14-9-6-10-15-29/h5-19H,20-27H2,1-4H3. The second-order valence-corrected chi connectivity index (χ2v) is 14.0. The predicted octanol–water partition coefficient (Wildman–Crippen LogP) is 7.63. The summed E-state index contributed by atoms with van der Waals surface area (Å²) in [6, 6.07) is 30.4. The van der Waals surface area contributed by atoms with Crippen LogP contribution in [0.1, 0.15) is 44.7 Å². The zero-order chi connectivity index (χ0) is 33.3. The van der Waals surface area contributed by atoms with Gasteiger partial charge in [-0.2, -0.15) is 10.1 Å². The number of nitrogens with zero attached hydrogens (tertiary/aromatic N) is 5. The van der Waals surface area contributed by atoms with Crippen LogP contribution in [0.25, 0.3) is 22.2 Å². The van der Waals surface area contributed by atoms with Crippen molar-refractivity contribution in [2.45, 2.75) is 52.4 Å². The highest BCUT2D eigenvalue weighted by Gasteiger charge is 2.46. The molecule has 7 rings (SSSR count). The smallest absolute Gasteiger partial charge is 0.410 e. The van der Waals surface area contributed by atoms with Crippen LogP contribution in [0.15, 0.2) is 91.0 Å². The van der Waals surface area contributed by atoms with E-state index < -0.39 is 5.60 Å². The minimum atomic E-state index is -0.483. The van der Waals surface area contributed by atoms with Crippen molar-refractivity contribution in [3.8, 4) is 23.0 Å². The Balaban J connectivity index is 1.12. The van der Waals surface area contributed by atoms with Crippen molar-refractivity contribution in [2.75, 3.05) is 31.1 Å². The van der Waals surface area contributed by atoms with Gasteiger partial charge < -0.3 is 24.0 Å². The van der Waals surface area contributed by atoms with Crippen LogP contribution < -0.4 is 14.4 Å². The van der Waals surface area contributed by atoms with Gasteiger partial charge in [-0.3, -0.25) is 4.68 Å². The van der Waals surface area contributed by atoms with Crippen LogP contribution in [0.5, 0.6) is 11.8 Å². The number of piperidine rings is 1. The fraction of sp³-hybridized carbons (Fsp3) is 0.359. The molecule has 0 N–H and O–H groups in total. The number of benzene rings is 3. The summed E-state index contributed by atoms with van der Waals surface area (Å²) in [6.07, 6.45) is 1.74. The maximum atomic E-state index is 12.6. The molecule has 9 nitrogen and oxygen atoms in total. The van der Waals surface area contributed by atoms with Crippen LogP contribution in [0.4, 0.5) is 10.5 Å². The molecule has 1 amide bonds. The first kappa shape index (κ1) is 31.5. The lowest BCUT2D eigenvalue weighted by Gasteiger charge is -2.55. The Labute approximate surface area is 282 Å². The number of carbonyl (C=O) groups is 1. The van der Waals surface area contributed by atoms with E-state index in [0.717, 1.165) is 78.0 Å². The van der Waals surface area contributed by atoms with Gasteiger partial charge in [0.25, 0.3) is 0 Å². The third-order valence-electron chi connectivity index (χ3n) is 9.25. The molecule has 0 aliphatic carbocycles. The van der Waals surface area contributed by atoms with Crippen LogP contribution in [0.2, 0.25) is 0 Å². The largest absolute Gasteiger partial charge is 0.473 e. The molecule has 1 spiro atoms. The molecule has 0 bridgehead atoms. The average molecular weight is 646 g/mol. The Bertz CT molecular complexity index is 1880. The number of likely N-dealkylation sites (tertiary alicyclic amines) is 1. The summed E-state index contributed by atoms with van der Waals surface area (Å²) in [5.74, 6) is 0.977. The third kappa shape index (κ3) is 6.68. The van der Waals surface area contributed by atoms with Crippen molar-refractivity contribution < 1.29 is 19.0 Å². The molecule has 0 atom stereocenters. The number of para-hydroxylation sites is 1. The maximum Gasteiger partial charge on any atom is 0.410 e. The number of fused-ring (bicyclic) bond motifs is 1. The number of pyridine rings is 1. The fourth-order valence-electron chi connectivity index (χ4n) is 6.76. The summed E-state index contributed by atoms with van der Waals surface area (Å²) in [5, 5.41) is 6.08. The van der Waals surface area contributed by atoms with Crippen LogP contribution in [0.3, 0.4) is 0 Å². The van der Waals surface area contributed by atoms with Gasteiger partial charge in [-0.25, -0.2) is 4.79 Å². The lowest BCUT2D eigenvalue weighted by atomic mass is 9.71. The van der Waals surface area contributed by atoms with Crippen LogP contribution in [-0.2, 0) is 25.0 Å². The molecular weight excluding hydrogens is 602 g/mol. The highest BCUT2D eigenvalue weighted by atomic mass is 16.6. The molecule has 2 fully saturated rings. The van der Waals surface area contributed by atoms with Crippen molar-refractivity contribution >= 4 is 22.7 Å². The molecule has 48 heavy (non-hydrogen) atoms. The molecule has 2 aliphatic rings. The lowest BCUT2D eigenvalue weighted by molar-refractivity contribution is 0.00600. The highest BCUT2D eigenvalue weighted by molar-refractivity contribution is 6.01. The number of aryl methyl sites for hydroxylation is 1.